The van der Waals surface area contributed by atoms with Gasteiger partial charge in [0.1, 0.15) is 6.54 Å². The van der Waals surface area contributed by atoms with Crippen LogP contribution in [0.25, 0.3) is 0 Å². The number of pyridine rings is 1. The second kappa shape index (κ2) is 10.1. The molecule has 27 heavy (non-hydrogen) atoms. The Kier molecular flexibility index (Phi) is 7.88. The van der Waals surface area contributed by atoms with Crippen molar-refractivity contribution < 1.29 is 4.79 Å². The van der Waals surface area contributed by atoms with Crippen LogP contribution < -0.4 is 11.1 Å². The van der Waals surface area contributed by atoms with Crippen LogP contribution in [0.4, 0.5) is 0 Å². The third kappa shape index (κ3) is 6.73. The summed E-state index contributed by atoms with van der Waals surface area (Å²) < 4.78 is 0. The predicted octanol–water partition coefficient (Wildman–Crippen LogP) is 3.05. The topological polar surface area (TPSA) is 83.6 Å². The summed E-state index contributed by atoms with van der Waals surface area (Å²) in [6.45, 7) is 2.44. The van der Waals surface area contributed by atoms with E-state index in [-0.39, 0.29) is 24.5 Å². The summed E-state index contributed by atoms with van der Waals surface area (Å²) in [6.07, 6.45) is 2.43. The maximum absolute atomic E-state index is 12.2. The van der Waals surface area contributed by atoms with Gasteiger partial charge in [-0.3, -0.25) is 9.78 Å². The average Bonchev–Trinajstić information content (AvgIpc) is 2.64. The minimum Gasteiger partial charge on any atom is -0.370 e. The van der Waals surface area contributed by atoms with Crippen LogP contribution in [0.3, 0.4) is 0 Å². The van der Waals surface area contributed by atoms with E-state index in [1.165, 1.54) is 0 Å². The van der Waals surface area contributed by atoms with Crippen LogP contribution in [0, 0.1) is 0 Å². The van der Waals surface area contributed by atoms with Gasteiger partial charge in [-0.1, -0.05) is 35.3 Å². The maximum Gasteiger partial charge on any atom is 0.244 e. The predicted molar refractivity (Wildman–Crippen MR) is 110 cm³/mol. The molecule has 1 aromatic carbocycles. The molecule has 0 aliphatic carbocycles. The van der Waals surface area contributed by atoms with E-state index in [0.717, 1.165) is 11.3 Å². The Bertz CT molecular complexity index is 798. The molecule has 3 N–H and O–H groups in total. The number of nitrogens with two attached hydrogens (primary N) is 1. The molecule has 0 aliphatic rings. The molecule has 1 aromatic heterocycles. The number of carbonyl (C=O) groups excluding carboxylic acids is 1. The molecule has 0 spiro atoms. The maximum atomic E-state index is 12.2. The molecule has 0 fully saturated rings. The number of aliphatic imine (C=N–C) groups is 1. The Hall–Kier alpha value is -2.31. The molecule has 1 amide bonds. The molecule has 1 atom stereocenters. The zero-order chi connectivity index (χ0) is 19.8. The summed E-state index contributed by atoms with van der Waals surface area (Å²) in [5.41, 5.74) is 7.68. The average molecular weight is 408 g/mol. The zero-order valence-electron chi connectivity index (χ0n) is 15.3. The number of guanidine groups is 1. The lowest BCUT2D eigenvalue weighted by Gasteiger charge is -2.18. The van der Waals surface area contributed by atoms with Crippen molar-refractivity contribution in [2.75, 3.05) is 20.1 Å². The first-order valence-corrected chi connectivity index (χ1v) is 9.27. The quantitative estimate of drug-likeness (QED) is 0.545. The van der Waals surface area contributed by atoms with Crippen LogP contribution in [0.2, 0.25) is 10.0 Å². The lowest BCUT2D eigenvalue weighted by Crippen LogP contribution is -2.36. The van der Waals surface area contributed by atoms with Gasteiger partial charge in [-0.25, -0.2) is 4.99 Å². The van der Waals surface area contributed by atoms with E-state index in [9.17, 15) is 4.79 Å². The number of hydrogen-bond donors (Lipinski definition) is 2. The number of rotatable bonds is 7. The number of carbonyl (C=O) groups is 1. The molecule has 2 rings (SSSR count). The van der Waals surface area contributed by atoms with Gasteiger partial charge in [0, 0.05) is 41.9 Å². The number of nitrogens with zero attached hydrogens (tertiary/aromatic N) is 3. The van der Waals surface area contributed by atoms with E-state index in [2.05, 4.69) is 15.3 Å². The second-order valence-electron chi connectivity index (χ2n) is 6.12. The fraction of sp³-hybridized carbons (Fsp3) is 0.316. The molecular weight excluding hydrogens is 385 g/mol. The van der Waals surface area contributed by atoms with Crippen LogP contribution in [0.5, 0.6) is 0 Å². The van der Waals surface area contributed by atoms with E-state index < -0.39 is 0 Å². The van der Waals surface area contributed by atoms with Crippen molar-refractivity contribution in [3.05, 3.63) is 63.9 Å². The SMILES string of the molecule is CC(NC(N)=NCC(=O)N(C)CCc1ccccn1)c1ccc(Cl)cc1Cl. The monoisotopic (exact) mass is 407 g/mol. The van der Waals surface area contributed by atoms with Crippen molar-refractivity contribution in [1.82, 2.24) is 15.2 Å². The first kappa shape index (κ1) is 21.0. The first-order chi connectivity index (χ1) is 12.9. The normalized spacial score (nSPS) is 12.5. The number of likely N-dealkylation sites (N-methyl/N-ethyl adjacent to an activating group) is 1. The lowest BCUT2D eigenvalue weighted by atomic mass is 10.1. The number of nitrogens with one attached hydrogen (secondary N) is 1. The fourth-order valence-corrected chi connectivity index (χ4v) is 3.00. The number of halogens is 2. The van der Waals surface area contributed by atoms with Gasteiger partial charge in [0.05, 0.1) is 6.04 Å². The van der Waals surface area contributed by atoms with Crippen molar-refractivity contribution in [2.24, 2.45) is 10.7 Å². The van der Waals surface area contributed by atoms with E-state index >= 15 is 0 Å². The molecule has 1 heterocycles. The van der Waals surface area contributed by atoms with E-state index in [1.807, 2.05) is 31.2 Å². The molecule has 0 saturated carbocycles. The molecule has 144 valence electrons. The highest BCUT2D eigenvalue weighted by Crippen LogP contribution is 2.25. The first-order valence-electron chi connectivity index (χ1n) is 8.52. The van der Waals surface area contributed by atoms with Gasteiger partial charge in [0.25, 0.3) is 0 Å². The standard InChI is InChI=1S/C19H23Cl2N5O/c1-13(16-7-6-14(20)11-17(16)21)25-19(22)24-12-18(27)26(2)10-8-15-5-3-4-9-23-15/h3-7,9,11,13H,8,10,12H2,1-2H3,(H3,22,24,25). The van der Waals surface area contributed by atoms with Gasteiger partial charge in [-0.2, -0.15) is 0 Å². The van der Waals surface area contributed by atoms with Crippen LogP contribution >= 0.6 is 23.2 Å². The van der Waals surface area contributed by atoms with Crippen molar-refractivity contribution in [3.63, 3.8) is 0 Å². The lowest BCUT2D eigenvalue weighted by molar-refractivity contribution is -0.128. The van der Waals surface area contributed by atoms with E-state index in [0.29, 0.717) is 23.0 Å². The summed E-state index contributed by atoms with van der Waals surface area (Å²) >= 11 is 12.1. The van der Waals surface area contributed by atoms with Crippen LogP contribution in [0.15, 0.2) is 47.6 Å². The van der Waals surface area contributed by atoms with E-state index in [4.69, 9.17) is 28.9 Å². The van der Waals surface area contributed by atoms with Gasteiger partial charge >= 0.3 is 0 Å². The van der Waals surface area contributed by atoms with Crippen molar-refractivity contribution in [2.45, 2.75) is 19.4 Å². The molecule has 2 aromatic rings. The molecule has 0 aliphatic heterocycles. The molecule has 0 saturated heterocycles. The minimum atomic E-state index is -0.171. The highest BCUT2D eigenvalue weighted by molar-refractivity contribution is 6.35. The summed E-state index contributed by atoms with van der Waals surface area (Å²) in [5, 5.41) is 4.14. The fourth-order valence-electron chi connectivity index (χ4n) is 2.42. The summed E-state index contributed by atoms with van der Waals surface area (Å²) in [6, 6.07) is 10.8. The van der Waals surface area contributed by atoms with Crippen LogP contribution in [-0.2, 0) is 11.2 Å². The Labute approximate surface area is 169 Å². The Morgan fingerprint density at radius 2 is 2.11 bits per heavy atom. The molecule has 0 bridgehead atoms. The van der Waals surface area contributed by atoms with E-state index in [1.54, 1.807) is 30.3 Å². The van der Waals surface area contributed by atoms with Gasteiger partial charge in [0.15, 0.2) is 5.96 Å². The van der Waals surface area contributed by atoms with Gasteiger partial charge in [-0.15, -0.1) is 0 Å². The van der Waals surface area contributed by atoms with Gasteiger partial charge in [0.2, 0.25) is 5.91 Å². The minimum absolute atomic E-state index is 0.0291. The molecule has 1 unspecified atom stereocenters. The number of hydrogen-bond acceptors (Lipinski definition) is 3. The highest BCUT2D eigenvalue weighted by atomic mass is 35.5. The number of benzene rings is 1. The van der Waals surface area contributed by atoms with Crippen molar-refractivity contribution in [1.29, 1.82) is 0 Å². The molecular formula is C19H23Cl2N5O. The largest absolute Gasteiger partial charge is 0.370 e. The third-order valence-corrected chi connectivity index (χ3v) is 4.60. The Balaban J connectivity index is 1.83. The van der Waals surface area contributed by atoms with Crippen LogP contribution in [-0.4, -0.2) is 41.9 Å². The zero-order valence-corrected chi connectivity index (χ0v) is 16.8. The molecule has 6 nitrogen and oxygen atoms in total. The highest BCUT2D eigenvalue weighted by Gasteiger charge is 2.12. The Morgan fingerprint density at radius 1 is 1.33 bits per heavy atom. The Morgan fingerprint density at radius 3 is 2.78 bits per heavy atom. The van der Waals surface area contributed by atoms with Gasteiger partial charge < -0.3 is 16.0 Å². The van der Waals surface area contributed by atoms with Crippen molar-refractivity contribution >= 4 is 35.1 Å². The van der Waals surface area contributed by atoms with Crippen LogP contribution in [0.1, 0.15) is 24.2 Å². The summed E-state index contributed by atoms with van der Waals surface area (Å²) in [5.74, 6) is 0.0628. The number of amides is 1. The summed E-state index contributed by atoms with van der Waals surface area (Å²) in [7, 11) is 1.74. The summed E-state index contributed by atoms with van der Waals surface area (Å²) in [4.78, 5) is 22.2. The second-order valence-corrected chi connectivity index (χ2v) is 6.96. The molecule has 8 heteroatoms. The third-order valence-electron chi connectivity index (χ3n) is 4.03. The van der Waals surface area contributed by atoms with Crippen molar-refractivity contribution in [3.8, 4) is 0 Å². The number of aromatic nitrogens is 1. The molecule has 0 radical (unpaired) electrons. The van der Waals surface area contributed by atoms with Gasteiger partial charge in [-0.05, 0) is 36.8 Å². The smallest absolute Gasteiger partial charge is 0.244 e.